The third kappa shape index (κ3) is 9.30. The maximum absolute atomic E-state index is 13.2. The quantitative estimate of drug-likeness (QED) is 0.347. The Morgan fingerprint density at radius 1 is 1.06 bits per heavy atom. The number of aliphatic hydroxyl groups excluding tert-OH is 1. The lowest BCUT2D eigenvalue weighted by Gasteiger charge is -2.32. The molecule has 1 heterocycles. The summed E-state index contributed by atoms with van der Waals surface area (Å²) in [6.07, 6.45) is 1.35. The van der Waals surface area contributed by atoms with Crippen molar-refractivity contribution in [2.75, 3.05) is 66.3 Å². The Labute approximate surface area is 223 Å². The van der Waals surface area contributed by atoms with Gasteiger partial charge in [0, 0.05) is 26.7 Å². The van der Waals surface area contributed by atoms with Crippen LogP contribution in [0.1, 0.15) is 23.6 Å². The van der Waals surface area contributed by atoms with Crippen LogP contribution >= 0.6 is 23.2 Å². The van der Waals surface area contributed by atoms with E-state index in [1.807, 2.05) is 36.2 Å². The minimum absolute atomic E-state index is 0.0214. The van der Waals surface area contributed by atoms with Crippen molar-refractivity contribution in [3.63, 3.8) is 0 Å². The van der Waals surface area contributed by atoms with Gasteiger partial charge in [0.1, 0.15) is 0 Å². The molecule has 0 radical (unpaired) electrons. The van der Waals surface area contributed by atoms with Gasteiger partial charge in [-0.2, -0.15) is 0 Å². The molecule has 198 valence electrons. The molecule has 1 aliphatic rings. The summed E-state index contributed by atoms with van der Waals surface area (Å²) in [5, 5.41) is 9.62. The van der Waals surface area contributed by atoms with Crippen molar-refractivity contribution < 1.29 is 24.1 Å². The van der Waals surface area contributed by atoms with Crippen LogP contribution in [0.15, 0.2) is 48.5 Å². The summed E-state index contributed by atoms with van der Waals surface area (Å²) < 4.78 is 16.7. The number of amides is 1. The first-order valence-electron chi connectivity index (χ1n) is 12.3. The number of carbonyl (C=O) groups is 1. The van der Waals surface area contributed by atoms with Gasteiger partial charge in [0.05, 0.1) is 68.3 Å². The van der Waals surface area contributed by atoms with Gasteiger partial charge >= 0.3 is 0 Å². The lowest BCUT2D eigenvalue weighted by molar-refractivity contribution is -0.131. The van der Waals surface area contributed by atoms with Crippen LogP contribution in [0.4, 0.5) is 0 Å². The van der Waals surface area contributed by atoms with E-state index in [0.29, 0.717) is 43.1 Å². The highest BCUT2D eigenvalue weighted by Crippen LogP contribution is 2.26. The van der Waals surface area contributed by atoms with E-state index in [1.54, 1.807) is 12.1 Å². The molecular formula is C27H36Cl2N2O5. The number of hydrogen-bond acceptors (Lipinski definition) is 6. The average Bonchev–Trinajstić information content (AvgIpc) is 3.34. The Bertz CT molecular complexity index is 934. The summed E-state index contributed by atoms with van der Waals surface area (Å²) in [6, 6.07) is 15.4. The fraction of sp³-hybridized carbons (Fsp3) is 0.519. The summed E-state index contributed by atoms with van der Waals surface area (Å²) in [7, 11) is 1.86. The lowest BCUT2D eigenvalue weighted by atomic mass is 10.0. The van der Waals surface area contributed by atoms with E-state index < -0.39 is 0 Å². The molecule has 2 aromatic carbocycles. The molecule has 1 N–H and O–H groups in total. The number of hydrogen-bond donors (Lipinski definition) is 1. The van der Waals surface area contributed by atoms with Crippen molar-refractivity contribution in [1.82, 2.24) is 9.80 Å². The van der Waals surface area contributed by atoms with Gasteiger partial charge in [-0.3, -0.25) is 9.69 Å². The number of halogens is 2. The third-order valence-corrected chi connectivity index (χ3v) is 6.97. The van der Waals surface area contributed by atoms with E-state index in [1.165, 1.54) is 0 Å². The fourth-order valence-electron chi connectivity index (χ4n) is 4.25. The zero-order valence-electron chi connectivity index (χ0n) is 20.8. The third-order valence-electron chi connectivity index (χ3n) is 6.23. The van der Waals surface area contributed by atoms with Gasteiger partial charge in [0.2, 0.25) is 5.91 Å². The molecule has 2 atom stereocenters. The summed E-state index contributed by atoms with van der Waals surface area (Å²) in [6.45, 7) is 4.81. The summed E-state index contributed by atoms with van der Waals surface area (Å²) in [4.78, 5) is 17.4. The van der Waals surface area contributed by atoms with Crippen molar-refractivity contribution in [3.8, 4) is 0 Å². The van der Waals surface area contributed by atoms with E-state index in [-0.39, 0.29) is 31.1 Å². The zero-order valence-corrected chi connectivity index (χ0v) is 22.3. The number of carbonyl (C=O) groups excluding carboxylic acids is 1. The molecule has 2 unspecified atom stereocenters. The topological polar surface area (TPSA) is 71.5 Å². The van der Waals surface area contributed by atoms with Crippen LogP contribution in [0.3, 0.4) is 0 Å². The first-order valence-corrected chi connectivity index (χ1v) is 13.1. The van der Waals surface area contributed by atoms with Crippen molar-refractivity contribution in [2.24, 2.45) is 0 Å². The highest BCUT2D eigenvalue weighted by molar-refractivity contribution is 6.42. The Kier molecular flexibility index (Phi) is 12.4. The molecule has 1 saturated heterocycles. The normalized spacial score (nSPS) is 16.8. The number of benzene rings is 2. The van der Waals surface area contributed by atoms with Gasteiger partial charge in [-0.05, 0) is 29.7 Å². The number of aliphatic hydroxyl groups is 1. The second kappa shape index (κ2) is 15.5. The predicted molar refractivity (Wildman–Crippen MR) is 142 cm³/mol. The molecule has 1 aliphatic heterocycles. The summed E-state index contributed by atoms with van der Waals surface area (Å²) in [5.74, 6) is 0.0226. The molecule has 0 saturated carbocycles. The highest BCUT2D eigenvalue weighted by atomic mass is 35.5. The van der Waals surface area contributed by atoms with E-state index in [4.69, 9.17) is 42.5 Å². The van der Waals surface area contributed by atoms with Crippen molar-refractivity contribution >= 4 is 29.1 Å². The lowest BCUT2D eigenvalue weighted by Crippen LogP contribution is -2.39. The van der Waals surface area contributed by atoms with Gasteiger partial charge in [0.25, 0.3) is 0 Å². The van der Waals surface area contributed by atoms with Crippen LogP contribution in [0.5, 0.6) is 0 Å². The van der Waals surface area contributed by atoms with Gasteiger partial charge in [-0.15, -0.1) is 0 Å². The largest absolute Gasteiger partial charge is 0.394 e. The Morgan fingerprint density at radius 3 is 2.50 bits per heavy atom. The maximum Gasteiger partial charge on any atom is 0.227 e. The van der Waals surface area contributed by atoms with Crippen molar-refractivity contribution in [1.29, 1.82) is 0 Å². The number of likely N-dealkylation sites (N-methyl/N-ethyl adjacent to an activating group) is 1. The highest BCUT2D eigenvalue weighted by Gasteiger charge is 2.29. The molecule has 1 fully saturated rings. The molecule has 7 nitrogen and oxygen atoms in total. The fourth-order valence-corrected chi connectivity index (χ4v) is 4.57. The standard InChI is InChI=1S/C27H36Cl2N2O5/c1-30(27(33)18-21-7-8-24(28)25(29)17-21)26(22-5-3-2-4-6-22)20-31-10-9-23(19-31)36-16-15-35-14-13-34-12-11-32/h2-8,17,23,26,32H,9-16,18-20H2,1H3. The number of rotatable bonds is 15. The minimum Gasteiger partial charge on any atom is -0.394 e. The zero-order chi connectivity index (χ0) is 25.8. The molecule has 2 aromatic rings. The molecule has 0 aliphatic carbocycles. The van der Waals surface area contributed by atoms with E-state index in [0.717, 1.165) is 37.2 Å². The van der Waals surface area contributed by atoms with Gasteiger partial charge in [0.15, 0.2) is 0 Å². The minimum atomic E-state index is -0.0810. The Morgan fingerprint density at radius 2 is 1.78 bits per heavy atom. The molecule has 0 aromatic heterocycles. The van der Waals surface area contributed by atoms with E-state index in [9.17, 15) is 4.79 Å². The molecule has 0 spiro atoms. The van der Waals surface area contributed by atoms with Crippen LogP contribution in [-0.2, 0) is 25.4 Å². The molecule has 0 bridgehead atoms. The number of nitrogens with zero attached hydrogens (tertiary/aromatic N) is 2. The van der Waals surface area contributed by atoms with Crippen LogP contribution in [-0.4, -0.2) is 93.2 Å². The average molecular weight is 540 g/mol. The summed E-state index contributed by atoms with van der Waals surface area (Å²) in [5.41, 5.74) is 1.94. The number of likely N-dealkylation sites (tertiary alicyclic amines) is 1. The van der Waals surface area contributed by atoms with Crippen molar-refractivity contribution in [3.05, 3.63) is 69.7 Å². The number of ether oxygens (including phenoxy) is 3. The second-order valence-corrected chi connectivity index (χ2v) is 9.66. The Balaban J connectivity index is 1.51. The Hall–Kier alpha value is -1.71. The van der Waals surface area contributed by atoms with Crippen molar-refractivity contribution in [2.45, 2.75) is 25.0 Å². The van der Waals surface area contributed by atoms with Gasteiger partial charge in [-0.25, -0.2) is 0 Å². The summed E-state index contributed by atoms with van der Waals surface area (Å²) >= 11 is 12.2. The van der Waals surface area contributed by atoms with Crippen LogP contribution in [0.25, 0.3) is 0 Å². The molecule has 3 rings (SSSR count). The molecule has 1 amide bonds. The second-order valence-electron chi connectivity index (χ2n) is 8.85. The van der Waals surface area contributed by atoms with Crippen LogP contribution in [0, 0.1) is 0 Å². The SMILES string of the molecule is CN(C(=O)Cc1ccc(Cl)c(Cl)c1)C(CN1CCC(OCCOCCOCCO)C1)c1ccccc1. The predicted octanol–water partition coefficient (Wildman–Crippen LogP) is 3.85. The monoisotopic (exact) mass is 538 g/mol. The molecule has 36 heavy (non-hydrogen) atoms. The maximum atomic E-state index is 13.2. The molecule has 9 heteroatoms. The van der Waals surface area contributed by atoms with E-state index >= 15 is 0 Å². The molecular weight excluding hydrogens is 503 g/mol. The van der Waals surface area contributed by atoms with E-state index in [2.05, 4.69) is 17.0 Å². The first kappa shape index (κ1) is 28.9. The van der Waals surface area contributed by atoms with Gasteiger partial charge in [-0.1, -0.05) is 59.6 Å². The van der Waals surface area contributed by atoms with Crippen LogP contribution in [0.2, 0.25) is 10.0 Å². The van der Waals surface area contributed by atoms with Gasteiger partial charge < -0.3 is 24.2 Å². The van der Waals surface area contributed by atoms with Crippen LogP contribution < -0.4 is 0 Å². The smallest absolute Gasteiger partial charge is 0.227 e. The first-order chi connectivity index (χ1) is 17.5.